The van der Waals surface area contributed by atoms with Crippen molar-refractivity contribution in [2.75, 3.05) is 33.8 Å². The second kappa shape index (κ2) is 9.67. The molecule has 1 aromatic heterocycles. The maximum absolute atomic E-state index is 13.0. The first-order chi connectivity index (χ1) is 13.9. The lowest BCUT2D eigenvalue weighted by Gasteiger charge is -2.41. The fourth-order valence-corrected chi connectivity index (χ4v) is 4.70. The Hall–Kier alpha value is -1.99. The van der Waals surface area contributed by atoms with Crippen LogP contribution in [0.2, 0.25) is 0 Å². The number of carbonyl (C=O) groups excluding carboxylic acids is 1. The number of rotatable bonds is 5. The van der Waals surface area contributed by atoms with Gasteiger partial charge in [0.15, 0.2) is 0 Å². The number of hydrogen-bond acceptors (Lipinski definition) is 5. The summed E-state index contributed by atoms with van der Waals surface area (Å²) in [4.78, 5) is 30.0. The maximum Gasteiger partial charge on any atom is 0.290 e. The first kappa shape index (κ1) is 21.7. The monoisotopic (exact) mass is 403 g/mol. The van der Waals surface area contributed by atoms with Gasteiger partial charge in [-0.1, -0.05) is 0 Å². The Morgan fingerprint density at radius 2 is 1.97 bits per heavy atom. The molecular formula is C22H33N3O4. The highest BCUT2D eigenvalue weighted by molar-refractivity contribution is 5.95. The van der Waals surface area contributed by atoms with Gasteiger partial charge in [0.25, 0.3) is 12.4 Å². The summed E-state index contributed by atoms with van der Waals surface area (Å²) in [6, 6.07) is 4.22. The predicted octanol–water partition coefficient (Wildman–Crippen LogP) is 2.30. The second-order valence-corrected chi connectivity index (χ2v) is 8.79. The molecule has 0 bridgehead atoms. The number of likely N-dealkylation sites (tertiary alicyclic amines) is 1. The number of carboxylic acid groups (broad SMARTS) is 1. The molecule has 1 aromatic rings. The van der Waals surface area contributed by atoms with Gasteiger partial charge in [-0.3, -0.25) is 14.6 Å². The van der Waals surface area contributed by atoms with Crippen molar-refractivity contribution in [1.82, 2.24) is 14.8 Å². The van der Waals surface area contributed by atoms with Gasteiger partial charge in [0.1, 0.15) is 0 Å². The maximum atomic E-state index is 13.0. The lowest BCUT2D eigenvalue weighted by molar-refractivity contribution is -0.122. The van der Waals surface area contributed by atoms with E-state index in [0.29, 0.717) is 24.0 Å². The number of ether oxygens (including phenoxy) is 1. The molecule has 2 heterocycles. The molecule has 0 radical (unpaired) electrons. The molecule has 4 rings (SSSR count). The Labute approximate surface area is 173 Å². The van der Waals surface area contributed by atoms with E-state index in [2.05, 4.69) is 28.9 Å². The average Bonchev–Trinajstić information content (AvgIpc) is 3.43. The number of hydrogen-bond donors (Lipinski definition) is 1. The standard InChI is InChI=1S/C21H31N3O2.CH2O2/c1-14-18(5-4-8-22-14)21(25)24-11-16-9-19(23(2)3)20(10-17(16)12-24)26-13-15-6-7-15;2-1-3/h4-5,8,15-17,19-20H,6-7,9-13H2,1-3H3;1H,(H,2,3)/t16-,17+,19-,20-;/m1./s1. The van der Waals surface area contributed by atoms with Crippen LogP contribution >= 0.6 is 0 Å². The molecule has 3 fully saturated rings. The predicted molar refractivity (Wildman–Crippen MR) is 110 cm³/mol. The second-order valence-electron chi connectivity index (χ2n) is 8.79. The van der Waals surface area contributed by atoms with Gasteiger partial charge in [0.2, 0.25) is 0 Å². The summed E-state index contributed by atoms with van der Waals surface area (Å²) in [6.45, 7) is 4.32. The van der Waals surface area contributed by atoms with E-state index in [0.717, 1.165) is 49.7 Å². The van der Waals surface area contributed by atoms with E-state index < -0.39 is 0 Å². The van der Waals surface area contributed by atoms with Gasteiger partial charge in [0, 0.05) is 37.6 Å². The Morgan fingerprint density at radius 1 is 1.31 bits per heavy atom. The molecule has 0 unspecified atom stereocenters. The van der Waals surface area contributed by atoms with E-state index in [4.69, 9.17) is 14.6 Å². The Morgan fingerprint density at radius 3 is 2.55 bits per heavy atom. The highest BCUT2D eigenvalue weighted by Crippen LogP contribution is 2.40. The van der Waals surface area contributed by atoms with Crippen LogP contribution in [0.25, 0.3) is 0 Å². The first-order valence-electron chi connectivity index (χ1n) is 10.5. The van der Waals surface area contributed by atoms with E-state index in [1.165, 1.54) is 12.8 Å². The zero-order valence-electron chi connectivity index (χ0n) is 17.7. The minimum atomic E-state index is -0.250. The number of aryl methyl sites for hydroxylation is 1. The molecule has 7 nitrogen and oxygen atoms in total. The highest BCUT2D eigenvalue weighted by atomic mass is 16.5. The molecule has 1 N–H and O–H groups in total. The number of likely N-dealkylation sites (N-methyl/N-ethyl adjacent to an activating group) is 1. The van der Waals surface area contributed by atoms with Crippen LogP contribution in [-0.2, 0) is 9.53 Å². The third kappa shape index (κ3) is 5.34. The van der Waals surface area contributed by atoms with Crippen molar-refractivity contribution in [1.29, 1.82) is 0 Å². The van der Waals surface area contributed by atoms with Gasteiger partial charge in [-0.05, 0) is 76.6 Å². The van der Waals surface area contributed by atoms with Gasteiger partial charge >= 0.3 is 0 Å². The van der Waals surface area contributed by atoms with Crippen molar-refractivity contribution >= 4 is 12.4 Å². The van der Waals surface area contributed by atoms with Gasteiger partial charge in [-0.2, -0.15) is 0 Å². The van der Waals surface area contributed by atoms with Crippen LogP contribution in [0, 0.1) is 24.7 Å². The summed E-state index contributed by atoms with van der Waals surface area (Å²) in [5.74, 6) is 2.09. The van der Waals surface area contributed by atoms with Gasteiger partial charge < -0.3 is 19.6 Å². The van der Waals surface area contributed by atoms with Gasteiger partial charge in [0.05, 0.1) is 11.7 Å². The minimum Gasteiger partial charge on any atom is -0.483 e. The lowest BCUT2D eigenvalue weighted by atomic mass is 9.77. The van der Waals surface area contributed by atoms with E-state index in [9.17, 15) is 4.79 Å². The third-order valence-corrected chi connectivity index (χ3v) is 6.52. The van der Waals surface area contributed by atoms with E-state index in [1.807, 2.05) is 19.1 Å². The average molecular weight is 404 g/mol. The molecular weight excluding hydrogens is 370 g/mol. The molecule has 7 heteroatoms. The zero-order chi connectivity index (χ0) is 21.0. The summed E-state index contributed by atoms with van der Waals surface area (Å²) in [5, 5.41) is 6.89. The number of amides is 1. The van der Waals surface area contributed by atoms with Crippen LogP contribution in [0.1, 0.15) is 41.7 Å². The topological polar surface area (TPSA) is 83.0 Å². The largest absolute Gasteiger partial charge is 0.483 e. The molecule has 1 amide bonds. The van der Waals surface area contributed by atoms with Crippen LogP contribution in [0.4, 0.5) is 0 Å². The fraction of sp³-hybridized carbons (Fsp3) is 0.682. The number of nitrogens with zero attached hydrogens (tertiary/aromatic N) is 3. The molecule has 3 aliphatic rings. The van der Waals surface area contributed by atoms with Crippen molar-refractivity contribution in [3.8, 4) is 0 Å². The normalized spacial score (nSPS) is 28.5. The van der Waals surface area contributed by atoms with E-state index in [-0.39, 0.29) is 12.4 Å². The Bertz CT molecular complexity index is 707. The molecule has 1 aliphatic heterocycles. The first-order valence-corrected chi connectivity index (χ1v) is 10.5. The summed E-state index contributed by atoms with van der Waals surface area (Å²) in [7, 11) is 4.32. The summed E-state index contributed by atoms with van der Waals surface area (Å²) < 4.78 is 6.33. The van der Waals surface area contributed by atoms with Crippen LogP contribution in [0.5, 0.6) is 0 Å². The van der Waals surface area contributed by atoms with Crippen molar-refractivity contribution < 1.29 is 19.4 Å². The SMILES string of the molecule is Cc1ncccc1C(=O)N1C[C@H]2C[C@@H](N(C)C)[C@H](OCC3CC3)C[C@H]2C1.O=CO. The number of carbonyl (C=O) groups is 2. The molecule has 0 aromatic carbocycles. The number of fused-ring (bicyclic) bond motifs is 1. The van der Waals surface area contributed by atoms with E-state index >= 15 is 0 Å². The molecule has 4 atom stereocenters. The quantitative estimate of drug-likeness (QED) is 0.760. The number of aromatic nitrogens is 1. The summed E-state index contributed by atoms with van der Waals surface area (Å²) in [6.07, 6.45) is 6.93. The van der Waals surface area contributed by atoms with Crippen LogP contribution < -0.4 is 0 Å². The van der Waals surface area contributed by atoms with Gasteiger partial charge in [-0.25, -0.2) is 0 Å². The van der Waals surface area contributed by atoms with E-state index in [1.54, 1.807) is 6.20 Å². The zero-order valence-corrected chi connectivity index (χ0v) is 17.7. The molecule has 1 saturated heterocycles. The summed E-state index contributed by atoms with van der Waals surface area (Å²) in [5.41, 5.74) is 1.57. The smallest absolute Gasteiger partial charge is 0.290 e. The van der Waals surface area contributed by atoms with Crippen LogP contribution in [0.15, 0.2) is 18.3 Å². The van der Waals surface area contributed by atoms with Crippen molar-refractivity contribution in [2.45, 2.75) is 44.8 Å². The van der Waals surface area contributed by atoms with Crippen molar-refractivity contribution in [3.05, 3.63) is 29.6 Å². The molecule has 0 spiro atoms. The van der Waals surface area contributed by atoms with Crippen molar-refractivity contribution in [2.24, 2.45) is 17.8 Å². The third-order valence-electron chi connectivity index (χ3n) is 6.52. The van der Waals surface area contributed by atoms with Crippen LogP contribution in [0.3, 0.4) is 0 Å². The Balaban J connectivity index is 0.000000755. The molecule has 2 saturated carbocycles. The highest BCUT2D eigenvalue weighted by Gasteiger charge is 2.45. The number of pyridine rings is 1. The molecule has 2 aliphatic carbocycles. The van der Waals surface area contributed by atoms with Crippen LogP contribution in [-0.4, -0.2) is 78.2 Å². The minimum absolute atomic E-state index is 0.141. The molecule has 160 valence electrons. The van der Waals surface area contributed by atoms with Crippen molar-refractivity contribution in [3.63, 3.8) is 0 Å². The summed E-state index contributed by atoms with van der Waals surface area (Å²) >= 11 is 0. The van der Waals surface area contributed by atoms with Gasteiger partial charge in [-0.15, -0.1) is 0 Å². The Kier molecular flexibility index (Phi) is 7.24. The lowest BCUT2D eigenvalue weighted by Crippen LogP contribution is -2.48. The molecule has 29 heavy (non-hydrogen) atoms. The fourth-order valence-electron chi connectivity index (χ4n) is 4.70.